The first-order valence-corrected chi connectivity index (χ1v) is 8.66. The van der Waals surface area contributed by atoms with Gasteiger partial charge >= 0.3 is 0 Å². The van der Waals surface area contributed by atoms with Crippen LogP contribution in [-0.4, -0.2) is 49.8 Å². The van der Waals surface area contributed by atoms with Crippen molar-refractivity contribution in [3.8, 4) is 0 Å². The summed E-state index contributed by atoms with van der Waals surface area (Å²) in [5, 5.41) is 0. The summed E-state index contributed by atoms with van der Waals surface area (Å²) < 4.78 is 28.9. The molecule has 0 aromatic carbocycles. The largest absolute Gasteiger partial charge is 0.496 e. The van der Waals surface area contributed by atoms with E-state index in [1.54, 1.807) is 0 Å². The molecule has 0 aromatic heterocycles. The normalized spacial score (nSPS) is 27.4. The molecule has 2 aliphatic rings. The summed E-state index contributed by atoms with van der Waals surface area (Å²) in [5.74, 6) is 0. The van der Waals surface area contributed by atoms with Gasteiger partial charge < -0.3 is 23.7 Å². The molecule has 0 aromatic rings. The van der Waals surface area contributed by atoms with Crippen LogP contribution in [0.1, 0.15) is 39.5 Å². The fourth-order valence-electron chi connectivity index (χ4n) is 2.94. The average Bonchev–Trinajstić information content (AvgIpc) is 3.40. The molecule has 23 heavy (non-hydrogen) atoms. The third-order valence-corrected chi connectivity index (χ3v) is 4.19. The number of rotatable bonds is 14. The molecule has 0 radical (unpaired) electrons. The second kappa shape index (κ2) is 9.30. The number of hydrogen-bond acceptors (Lipinski definition) is 5. The van der Waals surface area contributed by atoms with Crippen molar-refractivity contribution in [2.24, 2.45) is 0 Å². The Bertz CT molecular complexity index is 330. The van der Waals surface area contributed by atoms with E-state index < -0.39 is 0 Å². The summed E-state index contributed by atoms with van der Waals surface area (Å²) >= 11 is 0. The molecule has 0 bridgehead atoms. The Morgan fingerprint density at radius 1 is 0.913 bits per heavy atom. The molecule has 0 saturated carbocycles. The number of hydrogen-bond donors (Lipinski definition) is 0. The lowest BCUT2D eigenvalue weighted by Gasteiger charge is -2.32. The van der Waals surface area contributed by atoms with Gasteiger partial charge in [0.15, 0.2) is 0 Å². The molecule has 2 rings (SSSR count). The van der Waals surface area contributed by atoms with E-state index in [9.17, 15) is 0 Å². The van der Waals surface area contributed by atoms with Gasteiger partial charge in [0, 0.05) is 0 Å². The highest BCUT2D eigenvalue weighted by Gasteiger charge is 2.47. The Kier molecular flexibility index (Phi) is 7.40. The van der Waals surface area contributed by atoms with Crippen LogP contribution < -0.4 is 0 Å². The molecule has 0 spiro atoms. The highest BCUT2D eigenvalue weighted by molar-refractivity contribution is 4.93. The van der Waals surface area contributed by atoms with Crippen LogP contribution >= 0.6 is 0 Å². The van der Waals surface area contributed by atoms with E-state index in [2.05, 4.69) is 27.0 Å². The molecule has 2 heterocycles. The predicted octanol–water partition coefficient (Wildman–Crippen LogP) is 3.20. The second-order valence-corrected chi connectivity index (χ2v) is 6.07. The topological polar surface area (TPSA) is 52.8 Å². The Balaban J connectivity index is 2.06. The van der Waals surface area contributed by atoms with Crippen molar-refractivity contribution < 1.29 is 23.7 Å². The fraction of sp³-hybridized carbons (Fsp3) is 0.778. The first-order chi connectivity index (χ1) is 11.2. The third kappa shape index (κ3) is 5.52. The zero-order valence-corrected chi connectivity index (χ0v) is 14.3. The van der Waals surface area contributed by atoms with Gasteiger partial charge in [0.05, 0.1) is 25.7 Å². The van der Waals surface area contributed by atoms with Crippen molar-refractivity contribution >= 4 is 0 Å². The summed E-state index contributed by atoms with van der Waals surface area (Å²) in [7, 11) is 0. The molecular weight excluding hydrogens is 296 g/mol. The highest BCUT2D eigenvalue weighted by atomic mass is 16.7. The molecule has 132 valence electrons. The third-order valence-electron chi connectivity index (χ3n) is 4.19. The minimum Gasteiger partial charge on any atom is -0.496 e. The van der Waals surface area contributed by atoms with Gasteiger partial charge in [-0.3, -0.25) is 0 Å². The molecule has 2 fully saturated rings. The van der Waals surface area contributed by atoms with Gasteiger partial charge in [-0.15, -0.1) is 0 Å². The maximum absolute atomic E-state index is 6.44. The zero-order valence-electron chi connectivity index (χ0n) is 14.3. The van der Waals surface area contributed by atoms with Crippen molar-refractivity contribution in [3.63, 3.8) is 0 Å². The lowest BCUT2D eigenvalue weighted by molar-refractivity contribution is -0.137. The lowest BCUT2D eigenvalue weighted by atomic mass is 10.0. The molecule has 5 heteroatoms. The van der Waals surface area contributed by atoms with E-state index >= 15 is 0 Å². The summed E-state index contributed by atoms with van der Waals surface area (Å²) in [4.78, 5) is 0. The van der Waals surface area contributed by atoms with Crippen molar-refractivity contribution in [2.45, 2.75) is 76.2 Å². The Hall–Kier alpha value is -1.04. The Morgan fingerprint density at radius 2 is 1.30 bits per heavy atom. The van der Waals surface area contributed by atoms with Crippen LogP contribution in [0.5, 0.6) is 0 Å². The van der Waals surface area contributed by atoms with Gasteiger partial charge in [0.2, 0.25) is 0 Å². The lowest BCUT2D eigenvalue weighted by Crippen LogP contribution is -2.45. The quantitative estimate of drug-likeness (QED) is 0.362. The molecular formula is C18H30O5. The Labute approximate surface area is 139 Å². The number of ether oxygens (including phenoxy) is 5. The molecule has 6 atom stereocenters. The van der Waals surface area contributed by atoms with E-state index in [0.717, 1.165) is 25.7 Å². The first-order valence-electron chi connectivity index (χ1n) is 8.66. The predicted molar refractivity (Wildman–Crippen MR) is 88.1 cm³/mol. The summed E-state index contributed by atoms with van der Waals surface area (Å²) in [6.07, 6.45) is 6.59. The molecule has 0 aliphatic carbocycles. The first kappa shape index (κ1) is 18.3. The van der Waals surface area contributed by atoms with Gasteiger partial charge in [0.1, 0.15) is 36.6 Å². The summed E-state index contributed by atoms with van der Waals surface area (Å²) in [6.45, 7) is 13.1. The van der Waals surface area contributed by atoms with Crippen LogP contribution in [0.15, 0.2) is 25.7 Å². The summed E-state index contributed by atoms with van der Waals surface area (Å²) in [5.41, 5.74) is 0. The van der Waals surface area contributed by atoms with Gasteiger partial charge in [-0.05, 0) is 12.8 Å². The van der Waals surface area contributed by atoms with Crippen LogP contribution in [0.3, 0.4) is 0 Å². The minimum absolute atomic E-state index is 0.0581. The molecule has 5 nitrogen and oxygen atoms in total. The molecule has 2 saturated heterocycles. The molecule has 6 unspecified atom stereocenters. The van der Waals surface area contributed by atoms with Gasteiger partial charge in [0.25, 0.3) is 0 Å². The van der Waals surface area contributed by atoms with Crippen LogP contribution in [0.2, 0.25) is 0 Å². The SMILES string of the molecule is C=COC(CCC)C(OC(C(CCC)OC=C)C1CO1)C1CO1. The van der Waals surface area contributed by atoms with Crippen molar-refractivity contribution in [3.05, 3.63) is 25.7 Å². The van der Waals surface area contributed by atoms with Crippen molar-refractivity contribution in [1.29, 1.82) is 0 Å². The van der Waals surface area contributed by atoms with Gasteiger partial charge in [-0.1, -0.05) is 39.8 Å². The van der Waals surface area contributed by atoms with Crippen LogP contribution in [0.4, 0.5) is 0 Å². The fourth-order valence-corrected chi connectivity index (χ4v) is 2.94. The Morgan fingerprint density at radius 3 is 1.57 bits per heavy atom. The maximum atomic E-state index is 6.44. The van der Waals surface area contributed by atoms with Gasteiger partial charge in [-0.25, -0.2) is 0 Å². The van der Waals surface area contributed by atoms with Crippen molar-refractivity contribution in [1.82, 2.24) is 0 Å². The zero-order chi connectivity index (χ0) is 16.7. The standard InChI is InChI=1S/C18H30O5/c1-5-9-13(19-7-3)17(15-11-21-15)23-18(16-12-22-16)14(10-6-2)20-8-4/h7-8,13-18H,3-6,9-12H2,1-2H3. The second-order valence-electron chi connectivity index (χ2n) is 6.07. The van der Waals surface area contributed by atoms with Crippen LogP contribution in [0, 0.1) is 0 Å². The minimum atomic E-state index is -0.130. The van der Waals surface area contributed by atoms with E-state index in [-0.39, 0.29) is 36.6 Å². The van der Waals surface area contributed by atoms with Crippen molar-refractivity contribution in [2.75, 3.05) is 13.2 Å². The molecule has 0 amide bonds. The van der Waals surface area contributed by atoms with Crippen LogP contribution in [-0.2, 0) is 23.7 Å². The smallest absolute Gasteiger partial charge is 0.126 e. The van der Waals surface area contributed by atoms with E-state index in [0.29, 0.717) is 13.2 Å². The summed E-state index contributed by atoms with van der Waals surface area (Å²) in [6, 6.07) is 0. The average molecular weight is 326 g/mol. The monoisotopic (exact) mass is 326 g/mol. The van der Waals surface area contributed by atoms with Gasteiger partial charge in [-0.2, -0.15) is 0 Å². The number of epoxide rings is 2. The van der Waals surface area contributed by atoms with E-state index in [4.69, 9.17) is 23.7 Å². The van der Waals surface area contributed by atoms with E-state index in [1.165, 1.54) is 12.5 Å². The molecule has 2 aliphatic heterocycles. The van der Waals surface area contributed by atoms with Crippen LogP contribution in [0.25, 0.3) is 0 Å². The van der Waals surface area contributed by atoms with E-state index in [1.807, 2.05) is 0 Å². The highest BCUT2D eigenvalue weighted by Crippen LogP contribution is 2.31. The molecule has 0 N–H and O–H groups in total. The maximum Gasteiger partial charge on any atom is 0.126 e.